The van der Waals surface area contributed by atoms with Crippen molar-refractivity contribution in [3.63, 3.8) is 0 Å². The maximum Gasteiger partial charge on any atom is 0.341 e. The van der Waals surface area contributed by atoms with E-state index in [0.29, 0.717) is 18.8 Å². The highest BCUT2D eigenvalue weighted by molar-refractivity contribution is 5.93. The van der Waals surface area contributed by atoms with Gasteiger partial charge in [0.2, 0.25) is 0 Å². The molecule has 0 atom stereocenters. The van der Waals surface area contributed by atoms with E-state index in [4.69, 9.17) is 10.2 Å². The van der Waals surface area contributed by atoms with Crippen LogP contribution in [0.2, 0.25) is 0 Å². The van der Waals surface area contributed by atoms with Crippen molar-refractivity contribution in [2.75, 3.05) is 18.5 Å². The molecule has 6 nitrogen and oxygen atoms in total. The number of nitrogens with one attached hydrogen (secondary N) is 1. The molecule has 0 amide bonds. The number of carbonyl (C=O) groups is 1. The number of aliphatic hydroxyl groups excluding tert-OH is 1. The Labute approximate surface area is 110 Å². The number of rotatable bonds is 6. The van der Waals surface area contributed by atoms with E-state index >= 15 is 0 Å². The third-order valence-electron chi connectivity index (χ3n) is 2.63. The van der Waals surface area contributed by atoms with Gasteiger partial charge in [0, 0.05) is 13.2 Å². The Bertz CT molecular complexity index is 552. The lowest BCUT2D eigenvalue weighted by atomic mass is 10.3. The maximum absolute atomic E-state index is 11.2. The van der Waals surface area contributed by atoms with Crippen LogP contribution in [0.25, 0.3) is 5.69 Å². The molecule has 0 unspecified atom stereocenters. The predicted molar refractivity (Wildman–Crippen MR) is 70.7 cm³/mol. The van der Waals surface area contributed by atoms with Crippen molar-refractivity contribution in [3.05, 3.63) is 42.1 Å². The van der Waals surface area contributed by atoms with Crippen LogP contribution in [-0.2, 0) is 0 Å². The quantitative estimate of drug-likeness (QED) is 0.683. The molecule has 19 heavy (non-hydrogen) atoms. The van der Waals surface area contributed by atoms with Crippen LogP contribution in [0.5, 0.6) is 0 Å². The Hall–Kier alpha value is -2.34. The lowest BCUT2D eigenvalue weighted by molar-refractivity contribution is 0.0698. The van der Waals surface area contributed by atoms with Crippen LogP contribution in [0.1, 0.15) is 16.8 Å². The van der Waals surface area contributed by atoms with Gasteiger partial charge >= 0.3 is 5.97 Å². The molecule has 6 heteroatoms. The number of anilines is 1. The molecule has 0 aliphatic carbocycles. The Balaban J connectivity index is 2.35. The second-order valence-electron chi connectivity index (χ2n) is 3.96. The zero-order valence-corrected chi connectivity index (χ0v) is 10.3. The molecule has 0 fully saturated rings. The van der Waals surface area contributed by atoms with E-state index in [9.17, 15) is 4.79 Å². The normalized spacial score (nSPS) is 10.4. The molecule has 2 rings (SSSR count). The highest BCUT2D eigenvalue weighted by Gasteiger charge is 2.17. The van der Waals surface area contributed by atoms with Gasteiger partial charge in [-0.2, -0.15) is 5.10 Å². The minimum absolute atomic E-state index is 0.0505. The molecule has 3 N–H and O–H groups in total. The smallest absolute Gasteiger partial charge is 0.341 e. The molecule has 1 aromatic heterocycles. The summed E-state index contributed by atoms with van der Waals surface area (Å²) < 4.78 is 1.54. The fourth-order valence-corrected chi connectivity index (χ4v) is 1.73. The van der Waals surface area contributed by atoms with E-state index in [1.807, 2.05) is 30.3 Å². The molecule has 0 aliphatic heterocycles. The Kier molecular flexibility index (Phi) is 4.15. The lowest BCUT2D eigenvalue weighted by Gasteiger charge is -2.10. The van der Waals surface area contributed by atoms with E-state index in [0.717, 1.165) is 5.69 Å². The van der Waals surface area contributed by atoms with E-state index in [1.165, 1.54) is 6.20 Å². The van der Waals surface area contributed by atoms with E-state index in [2.05, 4.69) is 10.4 Å². The average Bonchev–Trinajstić information content (AvgIpc) is 2.84. The van der Waals surface area contributed by atoms with Crippen molar-refractivity contribution in [1.29, 1.82) is 0 Å². The number of hydrogen-bond donors (Lipinski definition) is 3. The van der Waals surface area contributed by atoms with E-state index in [-0.39, 0.29) is 12.2 Å². The molecule has 100 valence electrons. The number of aromatic carboxylic acids is 1. The number of aliphatic hydroxyl groups is 1. The van der Waals surface area contributed by atoms with E-state index in [1.54, 1.807) is 4.68 Å². The Morgan fingerprint density at radius 3 is 2.68 bits per heavy atom. The fourth-order valence-electron chi connectivity index (χ4n) is 1.73. The standard InChI is InChI=1S/C13H15N3O3/c17-8-4-7-14-12-11(13(18)19)9-15-16(12)10-5-2-1-3-6-10/h1-3,5-6,9,14,17H,4,7-8H2,(H,18,19). The molecule has 0 spiro atoms. The number of nitrogens with zero attached hydrogens (tertiary/aromatic N) is 2. The molecule has 1 aromatic carbocycles. The van der Waals surface area contributed by atoms with Gasteiger partial charge in [-0.1, -0.05) is 18.2 Å². The van der Waals surface area contributed by atoms with Crippen molar-refractivity contribution in [3.8, 4) is 5.69 Å². The lowest BCUT2D eigenvalue weighted by Crippen LogP contribution is -2.11. The van der Waals surface area contributed by atoms with Crippen molar-refractivity contribution >= 4 is 11.8 Å². The van der Waals surface area contributed by atoms with Gasteiger partial charge in [0.15, 0.2) is 0 Å². The van der Waals surface area contributed by atoms with Gasteiger partial charge in [0.25, 0.3) is 0 Å². The number of benzene rings is 1. The summed E-state index contributed by atoms with van der Waals surface area (Å²) in [6.07, 6.45) is 1.86. The molecule has 0 bridgehead atoms. The molecule has 0 aliphatic rings. The van der Waals surface area contributed by atoms with Crippen LogP contribution in [-0.4, -0.2) is 39.1 Å². The maximum atomic E-state index is 11.2. The third kappa shape index (κ3) is 2.92. The first-order chi connectivity index (χ1) is 9.24. The SMILES string of the molecule is O=C(O)c1cnn(-c2ccccc2)c1NCCCO. The van der Waals surface area contributed by atoms with Gasteiger partial charge in [-0.05, 0) is 18.6 Å². The molecule has 2 aromatic rings. The van der Waals surface area contributed by atoms with Crippen LogP contribution in [0, 0.1) is 0 Å². The second kappa shape index (κ2) is 6.01. The highest BCUT2D eigenvalue weighted by Crippen LogP contribution is 2.20. The first-order valence-electron chi connectivity index (χ1n) is 5.95. The molecule has 0 saturated carbocycles. The van der Waals surface area contributed by atoms with Gasteiger partial charge in [0.1, 0.15) is 11.4 Å². The van der Waals surface area contributed by atoms with Gasteiger partial charge in [-0.15, -0.1) is 0 Å². The summed E-state index contributed by atoms with van der Waals surface area (Å²) in [6.45, 7) is 0.532. The van der Waals surface area contributed by atoms with Gasteiger partial charge in [0.05, 0.1) is 11.9 Å². The van der Waals surface area contributed by atoms with Crippen molar-refractivity contribution in [2.45, 2.75) is 6.42 Å². The minimum Gasteiger partial charge on any atom is -0.477 e. The summed E-state index contributed by atoms with van der Waals surface area (Å²) in [5, 5.41) is 25.0. The number of carboxylic acid groups (broad SMARTS) is 1. The van der Waals surface area contributed by atoms with Gasteiger partial charge < -0.3 is 15.5 Å². The van der Waals surface area contributed by atoms with E-state index < -0.39 is 5.97 Å². The first kappa shape index (κ1) is 13.1. The van der Waals surface area contributed by atoms with Crippen molar-refractivity contribution in [1.82, 2.24) is 9.78 Å². The monoisotopic (exact) mass is 261 g/mol. The zero-order chi connectivity index (χ0) is 13.7. The second-order valence-corrected chi connectivity index (χ2v) is 3.96. The topological polar surface area (TPSA) is 87.4 Å². The average molecular weight is 261 g/mol. The number of para-hydroxylation sites is 1. The fraction of sp³-hybridized carbons (Fsp3) is 0.231. The number of carboxylic acids is 1. The van der Waals surface area contributed by atoms with Gasteiger partial charge in [-0.25, -0.2) is 9.48 Å². The van der Waals surface area contributed by atoms with Crippen LogP contribution < -0.4 is 5.32 Å². The van der Waals surface area contributed by atoms with Crippen molar-refractivity contribution < 1.29 is 15.0 Å². The molecular weight excluding hydrogens is 246 g/mol. The number of aromatic nitrogens is 2. The van der Waals surface area contributed by atoms with Gasteiger partial charge in [-0.3, -0.25) is 0 Å². The summed E-state index contributed by atoms with van der Waals surface area (Å²) >= 11 is 0. The summed E-state index contributed by atoms with van der Waals surface area (Å²) in [4.78, 5) is 11.2. The largest absolute Gasteiger partial charge is 0.477 e. The summed E-state index contributed by atoms with van der Waals surface area (Å²) in [5.41, 5.74) is 0.892. The van der Waals surface area contributed by atoms with Crippen LogP contribution in [0.15, 0.2) is 36.5 Å². The van der Waals surface area contributed by atoms with Crippen molar-refractivity contribution in [2.24, 2.45) is 0 Å². The number of hydrogen-bond acceptors (Lipinski definition) is 4. The summed E-state index contributed by atoms with van der Waals surface area (Å²) in [6, 6.07) is 9.28. The predicted octanol–water partition coefficient (Wildman–Crippen LogP) is 1.36. The first-order valence-corrected chi connectivity index (χ1v) is 5.95. The Morgan fingerprint density at radius 1 is 1.32 bits per heavy atom. The van der Waals surface area contributed by atoms with Crippen LogP contribution in [0.3, 0.4) is 0 Å². The Morgan fingerprint density at radius 2 is 2.05 bits per heavy atom. The minimum atomic E-state index is -1.03. The highest BCUT2D eigenvalue weighted by atomic mass is 16.4. The molecular formula is C13H15N3O3. The molecule has 0 saturated heterocycles. The van der Waals surface area contributed by atoms with Crippen LogP contribution in [0.4, 0.5) is 5.82 Å². The third-order valence-corrected chi connectivity index (χ3v) is 2.63. The van der Waals surface area contributed by atoms with Crippen LogP contribution >= 0.6 is 0 Å². The molecule has 0 radical (unpaired) electrons. The zero-order valence-electron chi connectivity index (χ0n) is 10.3. The molecule has 1 heterocycles. The summed E-state index contributed by atoms with van der Waals surface area (Å²) in [5.74, 6) is -0.610. The summed E-state index contributed by atoms with van der Waals surface area (Å²) in [7, 11) is 0.